The fraction of sp³-hybridized carbons (Fsp3) is 0.250. The van der Waals surface area contributed by atoms with Crippen molar-refractivity contribution in [1.29, 1.82) is 0 Å². The summed E-state index contributed by atoms with van der Waals surface area (Å²) in [5.41, 5.74) is 3.86. The van der Waals surface area contributed by atoms with Gasteiger partial charge in [0.1, 0.15) is 21.2 Å². The second-order valence-electron chi connectivity index (χ2n) is 11.7. The Labute approximate surface area is 279 Å². The summed E-state index contributed by atoms with van der Waals surface area (Å²) in [6.07, 6.45) is 2.20. The highest BCUT2D eigenvalue weighted by atomic mass is 79.9. The van der Waals surface area contributed by atoms with Crippen molar-refractivity contribution in [3.05, 3.63) is 124 Å². The van der Waals surface area contributed by atoms with Gasteiger partial charge in [-0.15, -0.1) is 23.2 Å². The van der Waals surface area contributed by atoms with E-state index < -0.39 is 21.6 Å². The van der Waals surface area contributed by atoms with Crippen LogP contribution >= 0.6 is 39.1 Å². The Kier molecular flexibility index (Phi) is 7.75. The summed E-state index contributed by atoms with van der Waals surface area (Å²) in [6, 6.07) is 30.0. The van der Waals surface area contributed by atoms with Gasteiger partial charge in [-0.2, -0.15) is 0 Å². The van der Waals surface area contributed by atoms with E-state index in [2.05, 4.69) is 21.2 Å². The van der Waals surface area contributed by atoms with Gasteiger partial charge in [0, 0.05) is 23.1 Å². The summed E-state index contributed by atoms with van der Waals surface area (Å²) in [6.45, 7) is 0.263. The van der Waals surface area contributed by atoms with E-state index in [9.17, 15) is 14.4 Å². The lowest BCUT2D eigenvalue weighted by Crippen LogP contribution is -2.57. The maximum Gasteiger partial charge on any atom is 0.235 e. The molecule has 4 aliphatic rings. The third-order valence-electron chi connectivity index (χ3n) is 9.15. The molecule has 1 saturated heterocycles. The average molecular weight is 704 g/mol. The van der Waals surface area contributed by atoms with Crippen LogP contribution in [0.15, 0.2) is 102 Å². The number of amides is 3. The Morgan fingerprint density at radius 3 is 1.67 bits per heavy atom. The summed E-state index contributed by atoms with van der Waals surface area (Å²) in [5.74, 6) is -0.840. The molecule has 1 fully saturated rings. The van der Waals surface area contributed by atoms with E-state index in [0.717, 1.165) is 32.5 Å². The van der Waals surface area contributed by atoms with Crippen LogP contribution in [0.3, 0.4) is 0 Å². The molecule has 1 aliphatic heterocycles. The smallest absolute Gasteiger partial charge is 0.235 e. The maximum absolute atomic E-state index is 13.9. The molecule has 4 aromatic carbocycles. The van der Waals surface area contributed by atoms with Gasteiger partial charge in [-0.3, -0.25) is 19.3 Å². The van der Waals surface area contributed by atoms with Crippen LogP contribution < -0.4 is 10.1 Å². The number of benzene rings is 4. The van der Waals surface area contributed by atoms with Crippen LogP contribution in [0.2, 0.25) is 0 Å². The first-order valence-corrected chi connectivity index (χ1v) is 16.5. The number of hydrogen-bond acceptors (Lipinski definition) is 4. The number of hydrogen-bond donors (Lipinski definition) is 1. The van der Waals surface area contributed by atoms with Crippen molar-refractivity contribution in [1.82, 2.24) is 4.90 Å². The zero-order chi connectivity index (χ0) is 31.3. The van der Waals surface area contributed by atoms with Gasteiger partial charge >= 0.3 is 0 Å². The molecule has 0 spiro atoms. The second-order valence-corrected chi connectivity index (χ2v) is 13.8. The Morgan fingerprint density at radius 2 is 1.18 bits per heavy atom. The Balaban J connectivity index is 0.952. The molecule has 45 heavy (non-hydrogen) atoms. The van der Waals surface area contributed by atoms with E-state index in [1.807, 2.05) is 72.8 Å². The molecule has 8 rings (SSSR count). The number of unbranched alkanes of at least 4 members (excludes halogenated alkanes) is 2. The predicted octanol–water partition coefficient (Wildman–Crippen LogP) is 8.33. The number of likely N-dealkylation sites (tertiary alicyclic amines) is 1. The molecule has 3 amide bonds. The molecule has 0 aromatic heterocycles. The van der Waals surface area contributed by atoms with Gasteiger partial charge in [0.15, 0.2) is 0 Å². The van der Waals surface area contributed by atoms with Gasteiger partial charge in [0.2, 0.25) is 17.7 Å². The lowest BCUT2D eigenvalue weighted by molar-refractivity contribution is -0.140. The van der Waals surface area contributed by atoms with Gasteiger partial charge in [-0.1, -0.05) is 70.9 Å². The van der Waals surface area contributed by atoms with E-state index in [4.69, 9.17) is 27.9 Å². The van der Waals surface area contributed by atoms with Gasteiger partial charge in [-0.05, 0) is 83.6 Å². The number of alkyl halides is 2. The average Bonchev–Trinajstić information content (AvgIpc) is 3.31. The zero-order valence-electron chi connectivity index (χ0n) is 24.1. The van der Waals surface area contributed by atoms with Crippen LogP contribution in [-0.4, -0.2) is 29.2 Å². The lowest BCUT2D eigenvalue weighted by Gasteiger charge is -2.54. The highest BCUT2D eigenvalue weighted by Crippen LogP contribution is 2.69. The first-order valence-electron chi connectivity index (χ1n) is 15.0. The number of nitrogens with one attached hydrogen (secondary N) is 1. The minimum atomic E-state index is -1.17. The number of carbonyl (C=O) groups excluding carboxylic acids is 3. The fourth-order valence-corrected chi connectivity index (χ4v) is 8.51. The van der Waals surface area contributed by atoms with Crippen molar-refractivity contribution in [3.8, 4) is 11.5 Å². The van der Waals surface area contributed by atoms with Crippen LogP contribution in [0.1, 0.15) is 47.9 Å². The predicted molar refractivity (Wildman–Crippen MR) is 178 cm³/mol. The molecule has 0 radical (unpaired) electrons. The summed E-state index contributed by atoms with van der Waals surface area (Å²) >= 11 is 18.3. The Bertz CT molecular complexity index is 1690. The summed E-state index contributed by atoms with van der Waals surface area (Å²) in [4.78, 5) is 39.4. The van der Waals surface area contributed by atoms with Crippen molar-refractivity contribution >= 4 is 62.5 Å². The molecule has 9 heteroatoms. The largest absolute Gasteiger partial charge is 0.457 e. The van der Waals surface area contributed by atoms with Crippen LogP contribution in [0, 0.1) is 11.8 Å². The van der Waals surface area contributed by atoms with Gasteiger partial charge < -0.3 is 10.1 Å². The lowest BCUT2D eigenvalue weighted by atomic mass is 9.54. The van der Waals surface area contributed by atoms with Crippen LogP contribution in [0.25, 0.3) is 0 Å². The first-order chi connectivity index (χ1) is 21.7. The molecule has 2 bridgehead atoms. The van der Waals surface area contributed by atoms with E-state index in [-0.39, 0.29) is 24.3 Å². The minimum Gasteiger partial charge on any atom is -0.457 e. The number of anilines is 1. The monoisotopic (exact) mass is 702 g/mol. The molecule has 2 atom stereocenters. The molecule has 228 valence electrons. The van der Waals surface area contributed by atoms with Crippen LogP contribution in [-0.2, 0) is 24.1 Å². The Hall–Kier alpha value is -3.65. The van der Waals surface area contributed by atoms with E-state index in [1.165, 1.54) is 4.90 Å². The molecule has 1 heterocycles. The molecule has 0 unspecified atom stereocenters. The van der Waals surface area contributed by atoms with Crippen LogP contribution in [0.5, 0.6) is 11.5 Å². The zero-order valence-corrected chi connectivity index (χ0v) is 27.2. The second kappa shape index (κ2) is 11.6. The quantitative estimate of drug-likeness (QED) is 0.108. The fourth-order valence-electron chi connectivity index (χ4n) is 7.15. The molecule has 6 nitrogen and oxygen atoms in total. The Morgan fingerprint density at radius 1 is 0.711 bits per heavy atom. The minimum absolute atomic E-state index is 0.101. The maximum atomic E-state index is 13.9. The topological polar surface area (TPSA) is 75.7 Å². The standard InChI is InChI=1S/C36H29BrCl2N2O4/c37-22-13-17-24(18-14-22)45-25-19-15-23(16-20-25)40-30(42)12-2-1-7-21-41-33(43)31-32(34(41)44)36(39)27-9-4-3-8-26(27)35(31,38)28-10-5-6-11-29(28)36/h3-6,8-11,13-20,31-32H,1-2,7,12,21H2,(H,40,42)/t31-,32-,35?,36?/m0/s1. The SMILES string of the molecule is O=C(CCCCCN1C(=O)[C@@H]2[C@@H](C1=O)C1(Cl)c3ccccc3C2(Cl)c2ccccc21)Nc1ccc(Oc2ccc(Br)cc2)cc1. The third-order valence-corrected chi connectivity index (χ3v) is 11.0. The van der Waals surface area contributed by atoms with E-state index >= 15 is 0 Å². The summed E-state index contributed by atoms with van der Waals surface area (Å²) < 4.78 is 6.81. The van der Waals surface area contributed by atoms with Gasteiger partial charge in [0.25, 0.3) is 0 Å². The molecule has 4 aromatic rings. The molecule has 1 N–H and O–H groups in total. The normalized spacial score (nSPS) is 24.2. The number of halogens is 3. The van der Waals surface area contributed by atoms with Gasteiger partial charge in [-0.25, -0.2) is 0 Å². The van der Waals surface area contributed by atoms with Gasteiger partial charge in [0.05, 0.1) is 11.8 Å². The number of nitrogens with zero attached hydrogens (tertiary/aromatic N) is 1. The van der Waals surface area contributed by atoms with Crippen LogP contribution in [0.4, 0.5) is 5.69 Å². The van der Waals surface area contributed by atoms with Crippen molar-refractivity contribution in [3.63, 3.8) is 0 Å². The van der Waals surface area contributed by atoms with Crippen molar-refractivity contribution in [2.75, 3.05) is 11.9 Å². The number of imide groups is 1. The van der Waals surface area contributed by atoms with Crippen molar-refractivity contribution in [2.24, 2.45) is 11.8 Å². The molecular weight excluding hydrogens is 675 g/mol. The van der Waals surface area contributed by atoms with Crippen molar-refractivity contribution < 1.29 is 19.1 Å². The van der Waals surface area contributed by atoms with E-state index in [1.54, 1.807) is 24.3 Å². The molecule has 3 aliphatic carbocycles. The number of carbonyl (C=O) groups is 3. The van der Waals surface area contributed by atoms with E-state index in [0.29, 0.717) is 37.1 Å². The summed E-state index contributed by atoms with van der Waals surface area (Å²) in [7, 11) is 0. The molecule has 0 saturated carbocycles. The highest BCUT2D eigenvalue weighted by molar-refractivity contribution is 9.10. The highest BCUT2D eigenvalue weighted by Gasteiger charge is 2.72. The number of rotatable bonds is 9. The summed E-state index contributed by atoms with van der Waals surface area (Å²) in [5, 5.41) is 2.91. The number of ether oxygens (including phenoxy) is 1. The third kappa shape index (κ3) is 4.87. The molecular formula is C36H29BrCl2N2O4. The van der Waals surface area contributed by atoms with Crippen molar-refractivity contribution in [2.45, 2.75) is 35.4 Å². The first kappa shape index (κ1) is 30.0.